The molecule has 0 bridgehead atoms. The van der Waals surface area contributed by atoms with Crippen molar-refractivity contribution in [1.82, 2.24) is 14.8 Å². The molecule has 0 spiro atoms. The number of halogens is 4. The fraction of sp³-hybridized carbons (Fsp3) is 0.0952. The van der Waals surface area contributed by atoms with Crippen LogP contribution in [0.3, 0.4) is 0 Å². The number of ether oxygens (including phenoxy) is 1. The normalized spacial score (nSPS) is 11.6. The number of hydrogen-bond donors (Lipinski definition) is 0. The van der Waals surface area contributed by atoms with Crippen LogP contribution in [-0.2, 0) is 0 Å². The van der Waals surface area contributed by atoms with E-state index in [1.165, 1.54) is 36.4 Å². The van der Waals surface area contributed by atoms with Crippen LogP contribution in [-0.4, -0.2) is 21.1 Å². The largest absolute Gasteiger partial charge is 0.573 e. The zero-order valence-corrected chi connectivity index (χ0v) is 15.4. The van der Waals surface area contributed by atoms with E-state index in [1.54, 1.807) is 19.1 Å². The third kappa shape index (κ3) is 3.86. The van der Waals surface area contributed by atoms with Crippen LogP contribution in [0.1, 0.15) is 5.69 Å². The lowest BCUT2D eigenvalue weighted by Crippen LogP contribution is -2.23. The summed E-state index contributed by atoms with van der Waals surface area (Å²) < 4.78 is 55.4. The zero-order chi connectivity index (χ0) is 21.5. The van der Waals surface area contributed by atoms with Crippen molar-refractivity contribution in [3.63, 3.8) is 0 Å². The lowest BCUT2D eigenvalue weighted by Gasteiger charge is -2.12. The van der Waals surface area contributed by atoms with Crippen molar-refractivity contribution in [3.05, 3.63) is 82.5 Å². The van der Waals surface area contributed by atoms with Gasteiger partial charge in [-0.05, 0) is 67.6 Å². The number of alkyl halides is 3. The molecule has 0 aliphatic heterocycles. The summed E-state index contributed by atoms with van der Waals surface area (Å²) >= 11 is 0. The Labute approximate surface area is 167 Å². The van der Waals surface area contributed by atoms with E-state index in [-0.39, 0.29) is 11.2 Å². The minimum Gasteiger partial charge on any atom is -0.406 e. The summed E-state index contributed by atoms with van der Waals surface area (Å²) in [7, 11) is 0. The maximum absolute atomic E-state index is 13.4. The molecule has 2 heterocycles. The molecule has 9 heteroatoms. The Hall–Kier alpha value is -3.75. The second kappa shape index (κ2) is 7.25. The molecule has 0 aliphatic rings. The van der Waals surface area contributed by atoms with Gasteiger partial charge in [-0.25, -0.2) is 9.37 Å². The minimum atomic E-state index is -4.82. The van der Waals surface area contributed by atoms with Gasteiger partial charge in [-0.1, -0.05) is 0 Å². The quantitative estimate of drug-likeness (QED) is 0.452. The highest BCUT2D eigenvalue weighted by Crippen LogP contribution is 2.26. The number of pyridine rings is 1. The monoisotopic (exact) mass is 415 g/mol. The molecule has 4 rings (SSSR count). The van der Waals surface area contributed by atoms with E-state index in [2.05, 4.69) is 14.8 Å². The topological polar surface area (TPSA) is 57.0 Å². The van der Waals surface area contributed by atoms with Crippen molar-refractivity contribution >= 4 is 10.9 Å². The van der Waals surface area contributed by atoms with Gasteiger partial charge in [-0.3, -0.25) is 4.79 Å². The Morgan fingerprint density at radius 1 is 0.933 bits per heavy atom. The van der Waals surface area contributed by atoms with Crippen LogP contribution < -0.4 is 10.3 Å². The number of hydrogen-bond acceptors (Lipinski definition) is 4. The smallest absolute Gasteiger partial charge is 0.406 e. The Morgan fingerprint density at radius 2 is 1.60 bits per heavy atom. The number of aromatic nitrogens is 3. The van der Waals surface area contributed by atoms with Crippen molar-refractivity contribution in [2.75, 3.05) is 0 Å². The SMILES string of the molecule is Cc1ccc2c(-c3ccc(F)cc3)nn(-c3ccc(OC(F)(F)F)cc3)c(=O)c2n1. The molecule has 0 aliphatic carbocycles. The number of fused-ring (bicyclic) bond motifs is 1. The Bertz CT molecular complexity index is 1280. The van der Waals surface area contributed by atoms with Crippen molar-refractivity contribution in [3.8, 4) is 22.7 Å². The average Bonchev–Trinajstić information content (AvgIpc) is 2.69. The molecule has 0 radical (unpaired) electrons. The molecule has 0 saturated heterocycles. The minimum absolute atomic E-state index is 0.139. The van der Waals surface area contributed by atoms with Crippen LogP contribution in [0.4, 0.5) is 17.6 Å². The number of aryl methyl sites for hydroxylation is 1. The van der Waals surface area contributed by atoms with Gasteiger partial charge in [-0.2, -0.15) is 9.78 Å². The maximum atomic E-state index is 13.4. The predicted molar refractivity (Wildman–Crippen MR) is 102 cm³/mol. The fourth-order valence-electron chi connectivity index (χ4n) is 3.00. The summed E-state index contributed by atoms with van der Waals surface area (Å²) in [5.41, 5.74) is 1.37. The fourth-order valence-corrected chi connectivity index (χ4v) is 3.00. The van der Waals surface area contributed by atoms with Crippen molar-refractivity contribution < 1.29 is 22.3 Å². The first-order chi connectivity index (χ1) is 14.2. The highest BCUT2D eigenvalue weighted by Gasteiger charge is 2.31. The maximum Gasteiger partial charge on any atom is 0.573 e. The van der Waals surface area contributed by atoms with E-state index in [0.29, 0.717) is 22.3 Å². The highest BCUT2D eigenvalue weighted by atomic mass is 19.4. The zero-order valence-electron chi connectivity index (χ0n) is 15.4. The Kier molecular flexibility index (Phi) is 4.73. The molecular weight excluding hydrogens is 402 g/mol. The summed E-state index contributed by atoms with van der Waals surface area (Å²) in [6.45, 7) is 1.73. The van der Waals surface area contributed by atoms with Gasteiger partial charge < -0.3 is 4.74 Å². The van der Waals surface area contributed by atoms with Crippen LogP contribution >= 0.6 is 0 Å². The van der Waals surface area contributed by atoms with Gasteiger partial charge in [0.1, 0.15) is 22.8 Å². The predicted octanol–water partition coefficient (Wildman–Crippen LogP) is 4.79. The van der Waals surface area contributed by atoms with Gasteiger partial charge in [0.25, 0.3) is 5.56 Å². The van der Waals surface area contributed by atoms with Gasteiger partial charge in [0, 0.05) is 16.6 Å². The summed E-state index contributed by atoms with van der Waals surface area (Å²) in [5.74, 6) is -0.849. The molecule has 5 nitrogen and oxygen atoms in total. The van der Waals surface area contributed by atoms with Crippen molar-refractivity contribution in [1.29, 1.82) is 0 Å². The molecule has 4 aromatic rings. The lowest BCUT2D eigenvalue weighted by atomic mass is 10.1. The second-order valence-corrected chi connectivity index (χ2v) is 6.46. The molecule has 0 unspecified atom stereocenters. The van der Waals surface area contributed by atoms with E-state index in [9.17, 15) is 22.4 Å². The van der Waals surface area contributed by atoms with Crippen LogP contribution in [0.15, 0.2) is 65.5 Å². The number of rotatable bonds is 3. The first-order valence-corrected chi connectivity index (χ1v) is 8.74. The molecule has 2 aromatic carbocycles. The van der Waals surface area contributed by atoms with Gasteiger partial charge in [0.05, 0.1) is 5.69 Å². The van der Waals surface area contributed by atoms with Gasteiger partial charge >= 0.3 is 6.36 Å². The molecule has 0 fully saturated rings. The average molecular weight is 415 g/mol. The van der Waals surface area contributed by atoms with E-state index in [0.717, 1.165) is 16.8 Å². The van der Waals surface area contributed by atoms with Gasteiger partial charge in [0.2, 0.25) is 0 Å². The van der Waals surface area contributed by atoms with Gasteiger partial charge in [0.15, 0.2) is 0 Å². The highest BCUT2D eigenvalue weighted by molar-refractivity contribution is 5.91. The van der Waals surface area contributed by atoms with Crippen LogP contribution in [0, 0.1) is 12.7 Å². The Balaban J connectivity index is 1.91. The molecule has 0 atom stereocenters. The van der Waals surface area contributed by atoms with E-state index >= 15 is 0 Å². The van der Waals surface area contributed by atoms with Gasteiger partial charge in [-0.15, -0.1) is 13.2 Å². The summed E-state index contributed by atoms with van der Waals surface area (Å²) in [4.78, 5) is 17.3. The summed E-state index contributed by atoms with van der Waals surface area (Å²) in [6, 6.07) is 13.7. The molecule has 0 amide bonds. The standard InChI is InChI=1S/C21H13F4N3O2/c1-12-2-11-17-18(13-3-5-14(22)6-4-13)27-28(20(29)19(17)26-12)15-7-9-16(10-8-15)30-21(23,24)25/h2-11H,1H3. The Morgan fingerprint density at radius 3 is 2.23 bits per heavy atom. The molecule has 2 aromatic heterocycles. The third-order valence-corrected chi connectivity index (χ3v) is 4.32. The first-order valence-electron chi connectivity index (χ1n) is 8.74. The van der Waals surface area contributed by atoms with Crippen LogP contribution in [0.5, 0.6) is 5.75 Å². The summed E-state index contributed by atoms with van der Waals surface area (Å²) in [5, 5.41) is 4.86. The van der Waals surface area contributed by atoms with E-state index < -0.39 is 23.5 Å². The van der Waals surface area contributed by atoms with Crippen LogP contribution in [0.25, 0.3) is 27.8 Å². The molecule has 0 saturated carbocycles. The second-order valence-electron chi connectivity index (χ2n) is 6.46. The number of nitrogens with zero attached hydrogens (tertiary/aromatic N) is 3. The lowest BCUT2D eigenvalue weighted by molar-refractivity contribution is -0.274. The van der Waals surface area contributed by atoms with Crippen LogP contribution in [0.2, 0.25) is 0 Å². The molecule has 152 valence electrons. The summed E-state index contributed by atoms with van der Waals surface area (Å²) in [6.07, 6.45) is -4.82. The molecular formula is C21H13F4N3O2. The van der Waals surface area contributed by atoms with Crippen molar-refractivity contribution in [2.24, 2.45) is 0 Å². The molecule has 0 N–H and O–H groups in total. The van der Waals surface area contributed by atoms with E-state index in [1.807, 2.05) is 0 Å². The third-order valence-electron chi connectivity index (χ3n) is 4.32. The van der Waals surface area contributed by atoms with Crippen molar-refractivity contribution in [2.45, 2.75) is 13.3 Å². The molecule has 30 heavy (non-hydrogen) atoms. The first kappa shape index (κ1) is 19.6. The van der Waals surface area contributed by atoms with E-state index in [4.69, 9.17) is 0 Å². The number of benzene rings is 2.